The Bertz CT molecular complexity index is 750. The lowest BCUT2D eigenvalue weighted by Gasteiger charge is -2.12. The van der Waals surface area contributed by atoms with Crippen LogP contribution in [0.2, 0.25) is 0 Å². The van der Waals surface area contributed by atoms with E-state index in [1.807, 2.05) is 38.1 Å². The molecular weight excluding hydrogens is 266 g/mol. The zero-order chi connectivity index (χ0) is 14.8. The third-order valence-corrected chi connectivity index (χ3v) is 3.37. The van der Waals surface area contributed by atoms with Crippen molar-refractivity contribution in [3.05, 3.63) is 36.2 Å². The van der Waals surface area contributed by atoms with Crippen LogP contribution < -0.4 is 5.73 Å². The smallest absolute Gasteiger partial charge is 0.222 e. The number of H-pyrrole nitrogens is 1. The molecule has 0 saturated carbocycles. The van der Waals surface area contributed by atoms with Gasteiger partial charge in [-0.3, -0.25) is 0 Å². The molecule has 21 heavy (non-hydrogen) atoms. The van der Waals surface area contributed by atoms with Gasteiger partial charge in [-0.2, -0.15) is 4.98 Å². The monoisotopic (exact) mass is 283 g/mol. The first-order valence-electron chi connectivity index (χ1n) is 6.87. The highest BCUT2D eigenvalue weighted by atomic mass is 16.5. The molecule has 3 rings (SSSR count). The van der Waals surface area contributed by atoms with Gasteiger partial charge in [-0.25, -0.2) is 9.97 Å². The first kappa shape index (κ1) is 13.5. The van der Waals surface area contributed by atoms with E-state index >= 15 is 0 Å². The first-order valence-corrected chi connectivity index (χ1v) is 6.87. The number of aromatic nitrogens is 4. The molecule has 1 aromatic carbocycles. The number of imidazole rings is 1. The quantitative estimate of drug-likeness (QED) is 0.768. The van der Waals surface area contributed by atoms with E-state index in [0.29, 0.717) is 12.3 Å². The Hall–Kier alpha value is -2.47. The van der Waals surface area contributed by atoms with Gasteiger partial charge < -0.3 is 15.5 Å². The molecule has 108 valence electrons. The first-order chi connectivity index (χ1) is 10.2. The number of benzene rings is 1. The molecule has 0 aliphatic rings. The maximum atomic E-state index is 5.74. The predicted octanol–water partition coefficient (Wildman–Crippen LogP) is 2.70. The van der Waals surface area contributed by atoms with Crippen LogP contribution in [-0.4, -0.2) is 26.5 Å². The van der Waals surface area contributed by atoms with Crippen molar-refractivity contribution < 1.29 is 4.74 Å². The van der Waals surface area contributed by atoms with Gasteiger partial charge in [-0.1, -0.05) is 24.3 Å². The number of nitrogens with one attached hydrogen (secondary N) is 1. The van der Waals surface area contributed by atoms with Crippen LogP contribution in [0.15, 0.2) is 30.6 Å². The fourth-order valence-corrected chi connectivity index (χ4v) is 2.32. The molecule has 0 aliphatic heterocycles. The van der Waals surface area contributed by atoms with Crippen LogP contribution >= 0.6 is 0 Å². The van der Waals surface area contributed by atoms with Gasteiger partial charge in [-0.15, -0.1) is 0 Å². The summed E-state index contributed by atoms with van der Waals surface area (Å²) in [6, 6.07) is 8.09. The summed E-state index contributed by atoms with van der Waals surface area (Å²) >= 11 is 0. The van der Waals surface area contributed by atoms with Gasteiger partial charge in [0.25, 0.3) is 0 Å². The van der Waals surface area contributed by atoms with Crippen molar-refractivity contribution in [1.82, 2.24) is 19.9 Å². The number of nitrogens with zero attached hydrogens (tertiary/aromatic N) is 3. The van der Waals surface area contributed by atoms with Crippen LogP contribution in [0.25, 0.3) is 22.4 Å². The number of anilines is 1. The summed E-state index contributed by atoms with van der Waals surface area (Å²) in [6.07, 6.45) is 1.67. The number of aromatic amines is 1. The van der Waals surface area contributed by atoms with Crippen molar-refractivity contribution in [3.8, 4) is 11.3 Å². The number of nitrogens with two attached hydrogens (primary N) is 1. The average Bonchev–Trinajstić information content (AvgIpc) is 2.95. The minimum atomic E-state index is 0.0756. The van der Waals surface area contributed by atoms with Gasteiger partial charge in [0.1, 0.15) is 11.2 Å². The van der Waals surface area contributed by atoms with Crippen molar-refractivity contribution in [3.63, 3.8) is 0 Å². The average molecular weight is 283 g/mol. The van der Waals surface area contributed by atoms with Gasteiger partial charge in [0.15, 0.2) is 5.65 Å². The number of fused-ring (bicyclic) bond motifs is 1. The Morgan fingerprint density at radius 1 is 1.24 bits per heavy atom. The van der Waals surface area contributed by atoms with Crippen LogP contribution in [0, 0.1) is 0 Å². The minimum Gasteiger partial charge on any atom is -0.374 e. The second kappa shape index (κ2) is 5.49. The van der Waals surface area contributed by atoms with E-state index in [-0.39, 0.29) is 12.1 Å². The Morgan fingerprint density at radius 3 is 2.71 bits per heavy atom. The molecule has 1 atom stereocenters. The van der Waals surface area contributed by atoms with Gasteiger partial charge in [0, 0.05) is 12.2 Å². The highest BCUT2D eigenvalue weighted by molar-refractivity contribution is 5.87. The van der Waals surface area contributed by atoms with Crippen molar-refractivity contribution in [2.75, 3.05) is 12.3 Å². The normalized spacial score (nSPS) is 12.7. The molecular formula is C15H17N5O. The lowest BCUT2D eigenvalue weighted by atomic mass is 10.1. The van der Waals surface area contributed by atoms with Crippen LogP contribution in [0.5, 0.6) is 0 Å². The van der Waals surface area contributed by atoms with E-state index in [1.54, 1.807) is 6.33 Å². The summed E-state index contributed by atoms with van der Waals surface area (Å²) in [4.78, 5) is 15.6. The van der Waals surface area contributed by atoms with Crippen molar-refractivity contribution in [1.29, 1.82) is 0 Å². The van der Waals surface area contributed by atoms with Gasteiger partial charge >= 0.3 is 0 Å². The summed E-state index contributed by atoms with van der Waals surface area (Å²) in [7, 11) is 0. The third-order valence-electron chi connectivity index (χ3n) is 3.37. The van der Waals surface area contributed by atoms with Crippen molar-refractivity contribution >= 4 is 17.1 Å². The molecule has 2 heterocycles. The molecule has 0 radical (unpaired) electrons. The molecule has 6 nitrogen and oxygen atoms in total. The van der Waals surface area contributed by atoms with E-state index < -0.39 is 0 Å². The molecule has 6 heteroatoms. The lowest BCUT2D eigenvalue weighted by Crippen LogP contribution is -2.00. The molecule has 0 aliphatic carbocycles. The van der Waals surface area contributed by atoms with Gasteiger partial charge in [0.2, 0.25) is 5.95 Å². The summed E-state index contributed by atoms with van der Waals surface area (Å²) in [5.74, 6) is 0.219. The Kier molecular flexibility index (Phi) is 3.53. The molecule has 0 fully saturated rings. The molecule has 0 bridgehead atoms. The second-order valence-electron chi connectivity index (χ2n) is 4.75. The molecule has 3 N–H and O–H groups in total. The highest BCUT2D eigenvalue weighted by Gasteiger charge is 2.11. The van der Waals surface area contributed by atoms with Crippen LogP contribution in [-0.2, 0) is 4.74 Å². The Labute approximate surface area is 122 Å². The minimum absolute atomic E-state index is 0.0756. The second-order valence-corrected chi connectivity index (χ2v) is 4.75. The molecule has 0 spiro atoms. The number of hydrogen-bond donors (Lipinski definition) is 2. The fourth-order valence-electron chi connectivity index (χ4n) is 2.32. The van der Waals surface area contributed by atoms with E-state index in [1.165, 1.54) is 0 Å². The summed E-state index contributed by atoms with van der Waals surface area (Å²) in [6.45, 7) is 4.72. The topological polar surface area (TPSA) is 89.7 Å². The number of hydrogen-bond acceptors (Lipinski definition) is 5. The van der Waals surface area contributed by atoms with E-state index in [0.717, 1.165) is 22.3 Å². The Balaban J connectivity index is 2.01. The molecule has 1 unspecified atom stereocenters. The third kappa shape index (κ3) is 2.57. The van der Waals surface area contributed by atoms with Gasteiger partial charge in [0.05, 0.1) is 12.4 Å². The van der Waals surface area contributed by atoms with E-state index in [9.17, 15) is 0 Å². The van der Waals surface area contributed by atoms with Gasteiger partial charge in [-0.05, 0) is 19.4 Å². The highest BCUT2D eigenvalue weighted by Crippen LogP contribution is 2.26. The number of nitrogen functional groups attached to an aromatic ring is 1. The maximum absolute atomic E-state index is 5.74. The predicted molar refractivity (Wildman–Crippen MR) is 81.6 cm³/mol. The summed E-state index contributed by atoms with van der Waals surface area (Å²) in [5.41, 5.74) is 9.95. The van der Waals surface area contributed by atoms with Crippen LogP contribution in [0.4, 0.5) is 5.95 Å². The zero-order valence-corrected chi connectivity index (χ0v) is 12.0. The summed E-state index contributed by atoms with van der Waals surface area (Å²) in [5, 5.41) is 0. The van der Waals surface area contributed by atoms with Crippen molar-refractivity contribution in [2.45, 2.75) is 20.0 Å². The Morgan fingerprint density at radius 2 is 2.00 bits per heavy atom. The number of ether oxygens (including phenoxy) is 1. The molecule has 0 saturated heterocycles. The maximum Gasteiger partial charge on any atom is 0.222 e. The largest absolute Gasteiger partial charge is 0.374 e. The standard InChI is InChI=1S/C15H17N5O/c1-3-21-9(2)10-4-6-11(7-5-10)12-13-14(18-8-17-13)20-15(16)19-12/h4-9H,3H2,1-2H3,(H3,16,17,18,19,20). The lowest BCUT2D eigenvalue weighted by molar-refractivity contribution is 0.0764. The SMILES string of the molecule is CCOC(C)c1ccc(-c2nc(N)nc3nc[nH]c23)cc1. The van der Waals surface area contributed by atoms with E-state index in [4.69, 9.17) is 10.5 Å². The van der Waals surface area contributed by atoms with Crippen molar-refractivity contribution in [2.24, 2.45) is 0 Å². The van der Waals surface area contributed by atoms with Crippen LogP contribution in [0.1, 0.15) is 25.5 Å². The summed E-state index contributed by atoms with van der Waals surface area (Å²) < 4.78 is 5.59. The fraction of sp³-hybridized carbons (Fsp3) is 0.267. The molecule has 3 aromatic rings. The molecule has 2 aromatic heterocycles. The van der Waals surface area contributed by atoms with E-state index in [2.05, 4.69) is 19.9 Å². The zero-order valence-electron chi connectivity index (χ0n) is 12.0. The molecule has 0 amide bonds. The van der Waals surface area contributed by atoms with Crippen LogP contribution in [0.3, 0.4) is 0 Å². The number of rotatable bonds is 4.